The Bertz CT molecular complexity index is 619. The van der Waals surface area contributed by atoms with Gasteiger partial charge < -0.3 is 19.9 Å². The highest BCUT2D eigenvalue weighted by molar-refractivity contribution is 6.30. The molecule has 2 N–H and O–H groups in total. The lowest BCUT2D eigenvalue weighted by atomic mass is 10.1. The number of hydrogen-bond donors (Lipinski definition) is 2. The normalized spacial score (nSPS) is 11.8. The van der Waals surface area contributed by atoms with Crippen molar-refractivity contribution in [3.05, 3.63) is 34.4 Å². The van der Waals surface area contributed by atoms with Crippen molar-refractivity contribution < 1.29 is 24.2 Å². The highest BCUT2D eigenvalue weighted by atomic mass is 35.5. The maximum atomic E-state index is 11.6. The van der Waals surface area contributed by atoms with Crippen LogP contribution in [0.3, 0.4) is 0 Å². The fraction of sp³-hybridized carbons (Fsp3) is 0.375. The number of halogens is 1. The molecule has 0 saturated heterocycles. The maximum Gasteiger partial charge on any atom is 0.407 e. The number of rotatable bonds is 5. The highest BCUT2D eigenvalue weighted by Crippen LogP contribution is 2.25. The second-order valence-corrected chi connectivity index (χ2v) is 6.15. The number of benzene rings is 1. The molecule has 0 aliphatic rings. The number of ether oxygens (including phenoxy) is 2. The molecule has 1 aromatic rings. The molecule has 0 atom stereocenters. The zero-order chi connectivity index (χ0) is 17.6. The van der Waals surface area contributed by atoms with Crippen LogP contribution in [-0.4, -0.2) is 36.4 Å². The molecule has 0 unspecified atom stereocenters. The molecule has 6 nitrogen and oxygen atoms in total. The van der Waals surface area contributed by atoms with Crippen LogP contribution in [0.15, 0.2) is 23.8 Å². The number of carboxylic acid groups (broad SMARTS) is 1. The Labute approximate surface area is 140 Å². The zero-order valence-electron chi connectivity index (χ0n) is 13.5. The van der Waals surface area contributed by atoms with E-state index in [1.165, 1.54) is 13.2 Å². The Morgan fingerprint density at radius 2 is 2.00 bits per heavy atom. The Hall–Kier alpha value is -2.21. The third kappa shape index (κ3) is 6.61. The van der Waals surface area contributed by atoms with Gasteiger partial charge in [-0.15, -0.1) is 0 Å². The number of hydrogen-bond acceptors (Lipinski definition) is 4. The van der Waals surface area contributed by atoms with Crippen LogP contribution >= 0.6 is 11.6 Å². The molecule has 0 aromatic heterocycles. The first-order valence-electron chi connectivity index (χ1n) is 6.86. The van der Waals surface area contributed by atoms with Gasteiger partial charge in [0.25, 0.3) is 0 Å². The van der Waals surface area contributed by atoms with Crippen molar-refractivity contribution in [3.63, 3.8) is 0 Å². The molecule has 23 heavy (non-hydrogen) atoms. The molecular weight excluding hydrogens is 322 g/mol. The Morgan fingerprint density at radius 1 is 1.35 bits per heavy atom. The van der Waals surface area contributed by atoms with Crippen LogP contribution in [0.25, 0.3) is 6.08 Å². The predicted octanol–water partition coefficient (Wildman–Crippen LogP) is 3.34. The van der Waals surface area contributed by atoms with E-state index in [1.54, 1.807) is 39.0 Å². The number of nitrogens with one attached hydrogen (secondary N) is 1. The van der Waals surface area contributed by atoms with Crippen molar-refractivity contribution >= 4 is 29.7 Å². The van der Waals surface area contributed by atoms with Gasteiger partial charge in [-0.05, 0) is 45.0 Å². The molecule has 0 heterocycles. The van der Waals surface area contributed by atoms with Gasteiger partial charge in [0.2, 0.25) is 0 Å². The van der Waals surface area contributed by atoms with Crippen molar-refractivity contribution in [2.24, 2.45) is 0 Å². The van der Waals surface area contributed by atoms with Gasteiger partial charge in [0.15, 0.2) is 0 Å². The van der Waals surface area contributed by atoms with Crippen LogP contribution in [0.1, 0.15) is 26.3 Å². The second-order valence-electron chi connectivity index (χ2n) is 5.72. The first-order valence-corrected chi connectivity index (χ1v) is 7.24. The lowest BCUT2D eigenvalue weighted by molar-refractivity contribution is -0.132. The van der Waals surface area contributed by atoms with Crippen LogP contribution in [0.2, 0.25) is 5.02 Å². The molecule has 0 aliphatic carbocycles. The molecule has 1 aromatic carbocycles. The van der Waals surface area contributed by atoms with Gasteiger partial charge in [-0.3, -0.25) is 0 Å². The molecule has 0 spiro atoms. The number of carbonyl (C=O) groups is 2. The van der Waals surface area contributed by atoms with E-state index < -0.39 is 17.7 Å². The summed E-state index contributed by atoms with van der Waals surface area (Å²) in [6.45, 7) is 4.96. The summed E-state index contributed by atoms with van der Waals surface area (Å²) < 4.78 is 10.2. The van der Waals surface area contributed by atoms with Crippen molar-refractivity contribution in [2.45, 2.75) is 26.4 Å². The topological polar surface area (TPSA) is 84.9 Å². The molecule has 0 saturated carbocycles. The monoisotopic (exact) mass is 341 g/mol. The fourth-order valence-electron chi connectivity index (χ4n) is 1.68. The molecule has 1 amide bonds. The number of aliphatic carboxylic acids is 1. The average Bonchev–Trinajstić information content (AvgIpc) is 2.41. The van der Waals surface area contributed by atoms with Gasteiger partial charge >= 0.3 is 12.1 Å². The van der Waals surface area contributed by atoms with Crippen molar-refractivity contribution in [3.8, 4) is 5.75 Å². The summed E-state index contributed by atoms with van der Waals surface area (Å²) in [5.41, 5.74) is -0.187. The third-order valence-corrected chi connectivity index (χ3v) is 2.85. The van der Waals surface area contributed by atoms with Crippen LogP contribution in [0.4, 0.5) is 4.79 Å². The van der Waals surface area contributed by atoms with Gasteiger partial charge in [0.1, 0.15) is 11.4 Å². The van der Waals surface area contributed by atoms with E-state index in [1.807, 2.05) is 0 Å². The number of amides is 1. The molecule has 0 fully saturated rings. The summed E-state index contributed by atoms with van der Waals surface area (Å²) >= 11 is 5.91. The van der Waals surface area contributed by atoms with Crippen LogP contribution < -0.4 is 10.1 Å². The van der Waals surface area contributed by atoms with Crippen LogP contribution in [0, 0.1) is 0 Å². The van der Waals surface area contributed by atoms with E-state index in [9.17, 15) is 14.7 Å². The minimum Gasteiger partial charge on any atom is -0.496 e. The number of carboxylic acids is 1. The van der Waals surface area contributed by atoms with Crippen molar-refractivity contribution in [1.29, 1.82) is 0 Å². The van der Waals surface area contributed by atoms with Gasteiger partial charge in [-0.25, -0.2) is 9.59 Å². The quantitative estimate of drug-likeness (QED) is 0.802. The summed E-state index contributed by atoms with van der Waals surface area (Å²) in [4.78, 5) is 23.0. The van der Waals surface area contributed by atoms with Gasteiger partial charge in [0.05, 0.1) is 19.2 Å². The summed E-state index contributed by atoms with van der Waals surface area (Å²) in [6.07, 6.45) is 0.701. The number of carbonyl (C=O) groups excluding carboxylic acids is 1. The van der Waals surface area contributed by atoms with E-state index in [4.69, 9.17) is 21.1 Å². The van der Waals surface area contributed by atoms with Gasteiger partial charge in [-0.1, -0.05) is 11.6 Å². The molecule has 126 valence electrons. The molecule has 0 aliphatic heterocycles. The van der Waals surface area contributed by atoms with Gasteiger partial charge in [-0.2, -0.15) is 0 Å². The van der Waals surface area contributed by atoms with Crippen LogP contribution in [0.5, 0.6) is 5.75 Å². The van der Waals surface area contributed by atoms with E-state index in [2.05, 4.69) is 5.32 Å². The maximum absolute atomic E-state index is 11.6. The molecule has 7 heteroatoms. The first kappa shape index (κ1) is 18.8. The first-order chi connectivity index (χ1) is 10.6. The van der Waals surface area contributed by atoms with Crippen LogP contribution in [-0.2, 0) is 9.53 Å². The Balaban J connectivity index is 2.93. The van der Waals surface area contributed by atoms with E-state index in [0.717, 1.165) is 0 Å². The highest BCUT2D eigenvalue weighted by Gasteiger charge is 2.17. The minimum absolute atomic E-state index is 0.0311. The molecule has 1 rings (SSSR count). The third-order valence-electron chi connectivity index (χ3n) is 2.62. The second kappa shape index (κ2) is 7.87. The average molecular weight is 342 g/mol. The molecule has 0 bridgehead atoms. The van der Waals surface area contributed by atoms with E-state index in [-0.39, 0.29) is 12.1 Å². The zero-order valence-corrected chi connectivity index (χ0v) is 14.2. The SMILES string of the molecule is COc1ccc(Cl)cc1C=C(CNC(=O)OC(C)(C)C)C(=O)O. The predicted molar refractivity (Wildman–Crippen MR) is 87.9 cm³/mol. The lowest BCUT2D eigenvalue weighted by Crippen LogP contribution is -2.34. The number of methoxy groups -OCH3 is 1. The molecule has 0 radical (unpaired) electrons. The smallest absolute Gasteiger partial charge is 0.407 e. The van der Waals surface area contributed by atoms with E-state index in [0.29, 0.717) is 16.3 Å². The van der Waals surface area contributed by atoms with E-state index >= 15 is 0 Å². The summed E-state index contributed by atoms with van der Waals surface area (Å²) in [6, 6.07) is 4.85. The lowest BCUT2D eigenvalue weighted by Gasteiger charge is -2.19. The summed E-state index contributed by atoms with van der Waals surface area (Å²) in [5, 5.41) is 12.1. The molecular formula is C16H20ClNO5. The largest absolute Gasteiger partial charge is 0.496 e. The summed E-state index contributed by atoms with van der Waals surface area (Å²) in [5.74, 6) is -0.687. The minimum atomic E-state index is -1.16. The Kier molecular flexibility index (Phi) is 6.45. The standard InChI is InChI=1S/C16H20ClNO5/c1-16(2,3)23-15(21)18-9-11(14(19)20)7-10-8-12(17)5-6-13(10)22-4/h5-8H,9H2,1-4H3,(H,18,21)(H,19,20). The summed E-state index contributed by atoms with van der Waals surface area (Å²) in [7, 11) is 1.47. The Morgan fingerprint density at radius 3 is 2.52 bits per heavy atom. The van der Waals surface area contributed by atoms with Crippen molar-refractivity contribution in [1.82, 2.24) is 5.32 Å². The van der Waals surface area contributed by atoms with Gasteiger partial charge in [0, 0.05) is 10.6 Å². The van der Waals surface area contributed by atoms with Crippen molar-refractivity contribution in [2.75, 3.05) is 13.7 Å². The fourth-order valence-corrected chi connectivity index (χ4v) is 1.86. The number of alkyl carbamates (subject to hydrolysis) is 1.